The summed E-state index contributed by atoms with van der Waals surface area (Å²) in [7, 11) is 0. The van der Waals surface area contributed by atoms with E-state index in [4.69, 9.17) is 5.11 Å². The van der Waals surface area contributed by atoms with Gasteiger partial charge in [-0.3, -0.25) is 9.59 Å². The van der Waals surface area contributed by atoms with Crippen molar-refractivity contribution < 1.29 is 23.5 Å². The van der Waals surface area contributed by atoms with Crippen LogP contribution in [0.25, 0.3) is 0 Å². The van der Waals surface area contributed by atoms with Crippen molar-refractivity contribution in [2.45, 2.75) is 32.2 Å². The SMILES string of the molecule is CC(C)(CCC(=O)O)NC(=O)c1ncc(F)cc1F. The van der Waals surface area contributed by atoms with E-state index in [-0.39, 0.29) is 12.8 Å². The fraction of sp³-hybridized carbons (Fsp3) is 0.417. The van der Waals surface area contributed by atoms with Gasteiger partial charge in [0.15, 0.2) is 11.5 Å². The predicted molar refractivity (Wildman–Crippen MR) is 62.6 cm³/mol. The number of carbonyl (C=O) groups is 2. The maximum absolute atomic E-state index is 13.3. The second-order valence-corrected chi connectivity index (χ2v) is 4.72. The zero-order chi connectivity index (χ0) is 14.6. The van der Waals surface area contributed by atoms with Gasteiger partial charge in [0, 0.05) is 18.0 Å². The van der Waals surface area contributed by atoms with Crippen molar-refractivity contribution in [2.75, 3.05) is 0 Å². The largest absolute Gasteiger partial charge is 0.481 e. The quantitative estimate of drug-likeness (QED) is 0.855. The molecule has 0 fully saturated rings. The molecule has 7 heteroatoms. The molecule has 0 radical (unpaired) electrons. The van der Waals surface area contributed by atoms with Gasteiger partial charge >= 0.3 is 5.97 Å². The molecule has 1 rings (SSSR count). The van der Waals surface area contributed by atoms with Crippen LogP contribution < -0.4 is 5.32 Å². The molecule has 0 unspecified atom stereocenters. The number of nitrogens with one attached hydrogen (secondary N) is 1. The van der Waals surface area contributed by atoms with Gasteiger partial charge in [0.05, 0.1) is 6.20 Å². The van der Waals surface area contributed by atoms with Crippen molar-refractivity contribution in [1.29, 1.82) is 0 Å². The summed E-state index contributed by atoms with van der Waals surface area (Å²) in [5, 5.41) is 11.0. The first-order chi connectivity index (χ1) is 8.71. The van der Waals surface area contributed by atoms with Gasteiger partial charge in [0.2, 0.25) is 0 Å². The van der Waals surface area contributed by atoms with E-state index < -0.39 is 34.7 Å². The number of hydrogen-bond acceptors (Lipinski definition) is 3. The van der Waals surface area contributed by atoms with Crippen molar-refractivity contribution in [3.8, 4) is 0 Å². The van der Waals surface area contributed by atoms with Gasteiger partial charge in [0.1, 0.15) is 5.82 Å². The maximum atomic E-state index is 13.3. The lowest BCUT2D eigenvalue weighted by atomic mass is 9.98. The Bertz CT molecular complexity index is 504. The Kier molecular flexibility index (Phi) is 4.52. The van der Waals surface area contributed by atoms with Crippen LogP contribution in [-0.2, 0) is 4.79 Å². The zero-order valence-electron chi connectivity index (χ0n) is 10.5. The van der Waals surface area contributed by atoms with Gasteiger partial charge < -0.3 is 10.4 Å². The van der Waals surface area contributed by atoms with Crippen LogP contribution in [0.5, 0.6) is 0 Å². The Hall–Kier alpha value is -2.05. The van der Waals surface area contributed by atoms with Crippen molar-refractivity contribution in [3.05, 3.63) is 29.6 Å². The highest BCUT2D eigenvalue weighted by molar-refractivity contribution is 5.93. The monoisotopic (exact) mass is 272 g/mol. The van der Waals surface area contributed by atoms with E-state index >= 15 is 0 Å². The van der Waals surface area contributed by atoms with Crippen LogP contribution in [0.3, 0.4) is 0 Å². The molecule has 104 valence electrons. The van der Waals surface area contributed by atoms with Gasteiger partial charge in [0.25, 0.3) is 5.91 Å². The predicted octanol–water partition coefficient (Wildman–Crippen LogP) is 1.73. The molecule has 19 heavy (non-hydrogen) atoms. The van der Waals surface area contributed by atoms with Crippen LogP contribution in [0.1, 0.15) is 37.2 Å². The fourth-order valence-corrected chi connectivity index (χ4v) is 1.43. The third-order valence-electron chi connectivity index (χ3n) is 2.44. The molecular formula is C12H14F2N2O3. The minimum absolute atomic E-state index is 0.132. The average Bonchev–Trinajstić information content (AvgIpc) is 2.25. The van der Waals surface area contributed by atoms with Crippen LogP contribution >= 0.6 is 0 Å². The Morgan fingerprint density at radius 3 is 2.58 bits per heavy atom. The summed E-state index contributed by atoms with van der Waals surface area (Å²) in [6.07, 6.45) is 0.783. The highest BCUT2D eigenvalue weighted by Gasteiger charge is 2.24. The van der Waals surface area contributed by atoms with Gasteiger partial charge in [-0.1, -0.05) is 0 Å². The summed E-state index contributed by atoms with van der Waals surface area (Å²) in [6, 6.07) is 0.562. The Labute approximate surface area is 108 Å². The number of carboxylic acid groups (broad SMARTS) is 1. The number of nitrogens with zero attached hydrogens (tertiary/aromatic N) is 1. The lowest BCUT2D eigenvalue weighted by molar-refractivity contribution is -0.137. The number of amides is 1. The lowest BCUT2D eigenvalue weighted by Gasteiger charge is -2.25. The van der Waals surface area contributed by atoms with Crippen molar-refractivity contribution in [1.82, 2.24) is 10.3 Å². The standard InChI is InChI=1S/C12H14F2N2O3/c1-12(2,4-3-9(17)18)16-11(19)10-8(14)5-7(13)6-15-10/h5-6H,3-4H2,1-2H3,(H,16,19)(H,17,18). The first-order valence-corrected chi connectivity index (χ1v) is 5.56. The van der Waals surface area contributed by atoms with Crippen molar-refractivity contribution in [2.24, 2.45) is 0 Å². The van der Waals surface area contributed by atoms with E-state index in [1.165, 1.54) is 0 Å². The molecule has 0 aliphatic carbocycles. The van der Waals surface area contributed by atoms with E-state index in [1.54, 1.807) is 13.8 Å². The number of hydrogen-bond donors (Lipinski definition) is 2. The summed E-state index contributed by atoms with van der Waals surface area (Å²) in [5.41, 5.74) is -1.36. The molecule has 1 aromatic heterocycles. The smallest absolute Gasteiger partial charge is 0.303 e. The molecule has 0 saturated carbocycles. The number of carboxylic acids is 1. The second-order valence-electron chi connectivity index (χ2n) is 4.72. The summed E-state index contributed by atoms with van der Waals surface area (Å²) in [6.45, 7) is 3.21. The summed E-state index contributed by atoms with van der Waals surface area (Å²) in [4.78, 5) is 25.6. The molecule has 0 aliphatic rings. The number of aromatic nitrogens is 1. The molecule has 1 aromatic rings. The third kappa shape index (κ3) is 4.61. The summed E-state index contributed by atoms with van der Waals surface area (Å²) in [5.74, 6) is -3.74. The number of rotatable bonds is 5. The van der Waals surface area contributed by atoms with Crippen LogP contribution in [-0.4, -0.2) is 27.5 Å². The topological polar surface area (TPSA) is 79.3 Å². The Balaban J connectivity index is 2.75. The molecule has 1 amide bonds. The molecule has 0 aliphatic heterocycles. The van der Waals surface area contributed by atoms with Gasteiger partial charge in [-0.2, -0.15) is 0 Å². The molecule has 0 spiro atoms. The van der Waals surface area contributed by atoms with Crippen LogP contribution in [0.2, 0.25) is 0 Å². The minimum atomic E-state index is -1.06. The number of aliphatic carboxylic acids is 1. The Morgan fingerprint density at radius 2 is 2.05 bits per heavy atom. The first kappa shape index (κ1) is 15.0. The molecule has 2 N–H and O–H groups in total. The second kappa shape index (κ2) is 5.73. The van der Waals surface area contributed by atoms with Crippen LogP contribution in [0, 0.1) is 11.6 Å². The lowest BCUT2D eigenvalue weighted by Crippen LogP contribution is -2.44. The van der Waals surface area contributed by atoms with Crippen LogP contribution in [0.4, 0.5) is 8.78 Å². The summed E-state index contributed by atoms with van der Waals surface area (Å²) >= 11 is 0. The van der Waals surface area contributed by atoms with E-state index in [9.17, 15) is 18.4 Å². The minimum Gasteiger partial charge on any atom is -0.481 e. The molecule has 0 aromatic carbocycles. The first-order valence-electron chi connectivity index (χ1n) is 5.56. The Morgan fingerprint density at radius 1 is 1.42 bits per heavy atom. The zero-order valence-corrected chi connectivity index (χ0v) is 10.5. The van der Waals surface area contributed by atoms with Gasteiger partial charge in [-0.15, -0.1) is 0 Å². The van der Waals surface area contributed by atoms with E-state index in [0.29, 0.717) is 6.07 Å². The highest BCUT2D eigenvalue weighted by Crippen LogP contribution is 2.13. The average molecular weight is 272 g/mol. The molecule has 0 atom stereocenters. The third-order valence-corrected chi connectivity index (χ3v) is 2.44. The van der Waals surface area contributed by atoms with E-state index in [0.717, 1.165) is 6.20 Å². The number of carbonyl (C=O) groups excluding carboxylic acids is 1. The summed E-state index contributed by atoms with van der Waals surface area (Å²) < 4.78 is 26.0. The molecule has 0 bridgehead atoms. The number of halogens is 2. The molecule has 5 nitrogen and oxygen atoms in total. The molecular weight excluding hydrogens is 258 g/mol. The number of pyridine rings is 1. The van der Waals surface area contributed by atoms with Crippen molar-refractivity contribution in [3.63, 3.8) is 0 Å². The van der Waals surface area contributed by atoms with Crippen LogP contribution in [0.15, 0.2) is 12.3 Å². The van der Waals surface area contributed by atoms with Gasteiger partial charge in [-0.25, -0.2) is 13.8 Å². The molecule has 1 heterocycles. The van der Waals surface area contributed by atoms with Gasteiger partial charge in [-0.05, 0) is 20.3 Å². The normalized spacial score (nSPS) is 11.2. The van der Waals surface area contributed by atoms with E-state index in [2.05, 4.69) is 10.3 Å². The van der Waals surface area contributed by atoms with E-state index in [1.807, 2.05) is 0 Å². The molecule has 0 saturated heterocycles. The fourth-order valence-electron chi connectivity index (χ4n) is 1.43. The highest BCUT2D eigenvalue weighted by atomic mass is 19.1. The maximum Gasteiger partial charge on any atom is 0.303 e. The van der Waals surface area contributed by atoms with Crippen molar-refractivity contribution >= 4 is 11.9 Å².